The molecule has 6 nitrogen and oxygen atoms in total. The Bertz CT molecular complexity index is 1310. The molecule has 0 radical (unpaired) electrons. The highest BCUT2D eigenvalue weighted by Crippen LogP contribution is 2.34. The van der Waals surface area contributed by atoms with E-state index in [2.05, 4.69) is 0 Å². The normalized spacial score (nSPS) is 10.9. The standard InChI is InChI=1S/C26H22N2O4/c1-13-9-11-16-15(21(13)25(31)17-5-3-7-19(29)23(17)27)12-10-14(2)22(16)26(32)18-6-4-8-20(30)24(18)28/h3-12,29-30H,27-28H2,1-2H3. The van der Waals surface area contributed by atoms with Gasteiger partial charge in [-0.05, 0) is 60.0 Å². The summed E-state index contributed by atoms with van der Waals surface area (Å²) in [6.07, 6.45) is 0. The maximum absolute atomic E-state index is 13.5. The van der Waals surface area contributed by atoms with Gasteiger partial charge >= 0.3 is 0 Å². The predicted molar refractivity (Wildman–Crippen MR) is 125 cm³/mol. The largest absolute Gasteiger partial charge is 0.506 e. The lowest BCUT2D eigenvalue weighted by molar-refractivity contribution is 0.103. The average molecular weight is 426 g/mol. The Kier molecular flexibility index (Phi) is 5.06. The van der Waals surface area contributed by atoms with Gasteiger partial charge in [0, 0.05) is 22.3 Å². The number of rotatable bonds is 4. The van der Waals surface area contributed by atoms with Crippen molar-refractivity contribution in [2.24, 2.45) is 0 Å². The van der Waals surface area contributed by atoms with Gasteiger partial charge in [0.15, 0.2) is 11.6 Å². The fourth-order valence-corrected chi connectivity index (χ4v) is 4.00. The SMILES string of the molecule is Cc1ccc2c(C(=O)c3cccc(O)c3N)c(C)ccc2c1C(=O)c1cccc(O)c1N. The Morgan fingerprint density at radius 1 is 0.625 bits per heavy atom. The van der Waals surface area contributed by atoms with Crippen molar-refractivity contribution in [3.8, 4) is 11.5 Å². The highest BCUT2D eigenvalue weighted by Gasteiger charge is 2.23. The summed E-state index contributed by atoms with van der Waals surface area (Å²) >= 11 is 0. The zero-order chi connectivity index (χ0) is 23.2. The van der Waals surface area contributed by atoms with Crippen molar-refractivity contribution in [3.05, 3.63) is 94.0 Å². The number of hydrogen-bond acceptors (Lipinski definition) is 6. The minimum Gasteiger partial charge on any atom is -0.506 e. The quantitative estimate of drug-likeness (QED) is 0.216. The summed E-state index contributed by atoms with van der Waals surface area (Å²) in [6, 6.07) is 16.2. The molecule has 0 aliphatic rings. The van der Waals surface area contributed by atoms with Crippen LogP contribution in [0.3, 0.4) is 0 Å². The third-order valence-electron chi connectivity index (χ3n) is 5.73. The lowest BCUT2D eigenvalue weighted by atomic mass is 9.87. The Morgan fingerprint density at radius 2 is 1.00 bits per heavy atom. The molecule has 0 atom stereocenters. The Balaban J connectivity index is 1.98. The molecule has 0 aliphatic carbocycles. The first kappa shape index (κ1) is 20.9. The zero-order valence-electron chi connectivity index (χ0n) is 17.6. The number of para-hydroxylation sites is 2. The molecular weight excluding hydrogens is 404 g/mol. The summed E-state index contributed by atoms with van der Waals surface area (Å²) in [4.78, 5) is 26.9. The first-order chi connectivity index (χ1) is 15.2. The molecule has 0 saturated heterocycles. The van der Waals surface area contributed by atoms with Crippen molar-refractivity contribution in [3.63, 3.8) is 0 Å². The van der Waals surface area contributed by atoms with Crippen LogP contribution in [-0.4, -0.2) is 21.8 Å². The zero-order valence-corrected chi connectivity index (χ0v) is 17.6. The third kappa shape index (κ3) is 3.22. The minimum absolute atomic E-state index is 0.00449. The average Bonchev–Trinajstić information content (AvgIpc) is 2.76. The van der Waals surface area contributed by atoms with Crippen molar-refractivity contribution >= 4 is 33.7 Å². The summed E-state index contributed by atoms with van der Waals surface area (Å²) in [5, 5.41) is 21.1. The van der Waals surface area contributed by atoms with Crippen LogP contribution in [0, 0.1) is 13.8 Å². The second-order valence-electron chi connectivity index (χ2n) is 7.75. The van der Waals surface area contributed by atoms with Crippen molar-refractivity contribution in [1.29, 1.82) is 0 Å². The number of ketones is 2. The van der Waals surface area contributed by atoms with Crippen LogP contribution < -0.4 is 11.5 Å². The van der Waals surface area contributed by atoms with E-state index in [0.717, 1.165) is 0 Å². The van der Waals surface area contributed by atoms with Crippen molar-refractivity contribution in [1.82, 2.24) is 0 Å². The topological polar surface area (TPSA) is 127 Å². The number of aromatic hydroxyl groups is 2. The van der Waals surface area contributed by atoms with Gasteiger partial charge < -0.3 is 21.7 Å². The Hall–Kier alpha value is -4.32. The number of carbonyl (C=O) groups excluding carboxylic acids is 2. The van der Waals surface area contributed by atoms with Gasteiger partial charge in [0.25, 0.3) is 0 Å². The molecule has 6 heteroatoms. The second kappa shape index (κ2) is 7.74. The molecule has 0 aromatic heterocycles. The Labute approximate surface area is 184 Å². The first-order valence-electron chi connectivity index (χ1n) is 9.99. The van der Waals surface area contributed by atoms with E-state index in [1.165, 1.54) is 12.1 Å². The molecule has 160 valence electrons. The molecule has 0 fully saturated rings. The van der Waals surface area contributed by atoms with Gasteiger partial charge in [-0.2, -0.15) is 0 Å². The molecule has 0 heterocycles. The molecule has 32 heavy (non-hydrogen) atoms. The molecule has 4 aromatic carbocycles. The van der Waals surface area contributed by atoms with E-state index in [-0.39, 0.29) is 45.6 Å². The van der Waals surface area contributed by atoms with Crippen LogP contribution in [-0.2, 0) is 0 Å². The molecular formula is C26H22N2O4. The van der Waals surface area contributed by atoms with E-state index < -0.39 is 0 Å². The van der Waals surface area contributed by atoms with E-state index in [1.54, 1.807) is 62.4 Å². The van der Waals surface area contributed by atoms with Crippen LogP contribution in [0.15, 0.2) is 60.7 Å². The smallest absolute Gasteiger partial charge is 0.196 e. The predicted octanol–water partition coefficient (Wildman–Crippen LogP) is 4.49. The fraction of sp³-hybridized carbons (Fsp3) is 0.0769. The molecule has 0 unspecified atom stereocenters. The van der Waals surface area contributed by atoms with E-state index in [4.69, 9.17) is 11.5 Å². The molecule has 0 spiro atoms. The Morgan fingerprint density at radius 3 is 1.38 bits per heavy atom. The number of nitrogens with two attached hydrogens (primary N) is 2. The number of aryl methyl sites for hydroxylation is 2. The van der Waals surface area contributed by atoms with Gasteiger partial charge in [0.2, 0.25) is 0 Å². The molecule has 0 saturated carbocycles. The monoisotopic (exact) mass is 426 g/mol. The first-order valence-corrected chi connectivity index (χ1v) is 9.99. The van der Waals surface area contributed by atoms with Crippen LogP contribution in [0.4, 0.5) is 11.4 Å². The molecule has 0 amide bonds. The van der Waals surface area contributed by atoms with Crippen LogP contribution in [0.2, 0.25) is 0 Å². The molecule has 6 N–H and O–H groups in total. The third-order valence-corrected chi connectivity index (χ3v) is 5.73. The summed E-state index contributed by atoms with van der Waals surface area (Å²) in [5.74, 6) is -1.03. The highest BCUT2D eigenvalue weighted by atomic mass is 16.3. The summed E-state index contributed by atoms with van der Waals surface area (Å²) in [6.45, 7) is 3.61. The highest BCUT2D eigenvalue weighted by molar-refractivity contribution is 6.24. The summed E-state index contributed by atoms with van der Waals surface area (Å²) in [5.41, 5.74) is 14.5. The van der Waals surface area contributed by atoms with Crippen LogP contribution in [0.5, 0.6) is 11.5 Å². The van der Waals surface area contributed by atoms with Gasteiger partial charge in [-0.1, -0.05) is 36.4 Å². The van der Waals surface area contributed by atoms with E-state index >= 15 is 0 Å². The fourth-order valence-electron chi connectivity index (χ4n) is 4.00. The van der Waals surface area contributed by atoms with Crippen molar-refractivity contribution in [2.75, 3.05) is 11.5 Å². The van der Waals surface area contributed by atoms with Crippen LogP contribution in [0.25, 0.3) is 10.8 Å². The number of phenols is 2. The summed E-state index contributed by atoms with van der Waals surface area (Å²) < 4.78 is 0. The molecule has 0 aliphatic heterocycles. The van der Waals surface area contributed by atoms with Gasteiger partial charge in [0.05, 0.1) is 11.4 Å². The van der Waals surface area contributed by atoms with Crippen molar-refractivity contribution < 1.29 is 19.8 Å². The summed E-state index contributed by atoms with van der Waals surface area (Å²) in [7, 11) is 0. The maximum Gasteiger partial charge on any atom is 0.196 e. The van der Waals surface area contributed by atoms with Crippen LogP contribution in [0.1, 0.15) is 43.0 Å². The molecule has 4 aromatic rings. The van der Waals surface area contributed by atoms with E-state index in [1.807, 2.05) is 0 Å². The van der Waals surface area contributed by atoms with E-state index in [9.17, 15) is 19.8 Å². The number of fused-ring (bicyclic) bond motifs is 1. The maximum atomic E-state index is 13.5. The number of hydrogen-bond donors (Lipinski definition) is 4. The van der Waals surface area contributed by atoms with Gasteiger partial charge in [0.1, 0.15) is 11.5 Å². The van der Waals surface area contributed by atoms with Crippen LogP contribution >= 0.6 is 0 Å². The number of anilines is 2. The number of phenolic OH excluding ortho intramolecular Hbond substituents is 2. The molecule has 0 bridgehead atoms. The van der Waals surface area contributed by atoms with Gasteiger partial charge in [-0.25, -0.2) is 0 Å². The lowest BCUT2D eigenvalue weighted by Gasteiger charge is -2.16. The van der Waals surface area contributed by atoms with E-state index in [0.29, 0.717) is 33.0 Å². The lowest BCUT2D eigenvalue weighted by Crippen LogP contribution is -2.11. The molecule has 4 rings (SSSR count). The van der Waals surface area contributed by atoms with Gasteiger partial charge in [-0.15, -0.1) is 0 Å². The van der Waals surface area contributed by atoms with Gasteiger partial charge in [-0.3, -0.25) is 9.59 Å². The van der Waals surface area contributed by atoms with Crippen molar-refractivity contribution in [2.45, 2.75) is 13.8 Å². The minimum atomic E-state index is -0.347. The number of nitrogen functional groups attached to an aromatic ring is 2. The number of benzene rings is 4. The number of carbonyl (C=O) groups is 2. The second-order valence-corrected chi connectivity index (χ2v) is 7.75.